The topological polar surface area (TPSA) is 57.9 Å². The molecular formula is C14H18N4S. The Morgan fingerprint density at radius 3 is 3.26 bits per heavy atom. The molecular weight excluding hydrogens is 256 g/mol. The first-order valence-electron chi connectivity index (χ1n) is 6.97. The van der Waals surface area contributed by atoms with E-state index in [4.69, 9.17) is 5.73 Å². The number of H-pyrrole nitrogens is 1. The molecule has 4 nitrogen and oxygen atoms in total. The smallest absolute Gasteiger partial charge is 0.154 e. The van der Waals surface area contributed by atoms with Crippen molar-refractivity contribution in [2.45, 2.75) is 31.7 Å². The van der Waals surface area contributed by atoms with Gasteiger partial charge in [-0.2, -0.15) is 5.10 Å². The van der Waals surface area contributed by atoms with Crippen LogP contribution in [0.3, 0.4) is 0 Å². The lowest BCUT2D eigenvalue weighted by molar-refractivity contribution is 0.502. The van der Waals surface area contributed by atoms with Gasteiger partial charge in [0, 0.05) is 35.1 Å². The number of fused-ring (bicyclic) bond motifs is 3. The molecule has 0 amide bonds. The normalized spacial score (nSPS) is 22.2. The fourth-order valence-electron chi connectivity index (χ4n) is 3.27. The van der Waals surface area contributed by atoms with E-state index in [9.17, 15) is 0 Å². The summed E-state index contributed by atoms with van der Waals surface area (Å²) in [5.74, 6) is 1.14. The van der Waals surface area contributed by atoms with Gasteiger partial charge in [0.15, 0.2) is 5.82 Å². The maximum atomic E-state index is 6.09. The van der Waals surface area contributed by atoms with Gasteiger partial charge in [-0.05, 0) is 37.1 Å². The lowest BCUT2D eigenvalue weighted by Gasteiger charge is -2.31. The number of aromatic amines is 1. The molecule has 0 aromatic carbocycles. The Kier molecular flexibility index (Phi) is 2.63. The minimum absolute atomic E-state index is 0.293. The van der Waals surface area contributed by atoms with E-state index < -0.39 is 0 Å². The average Bonchev–Trinajstić information content (AvgIpc) is 3.04. The van der Waals surface area contributed by atoms with Crippen LogP contribution in [0.2, 0.25) is 0 Å². The lowest BCUT2D eigenvalue weighted by Crippen LogP contribution is -2.43. The van der Waals surface area contributed by atoms with Gasteiger partial charge in [-0.1, -0.05) is 0 Å². The number of aromatic nitrogens is 2. The number of nitrogens with one attached hydrogen (secondary N) is 1. The van der Waals surface area contributed by atoms with Gasteiger partial charge in [-0.25, -0.2) is 0 Å². The number of rotatable bonds is 1. The van der Waals surface area contributed by atoms with Crippen LogP contribution in [0.1, 0.15) is 23.3 Å². The van der Waals surface area contributed by atoms with Crippen LogP contribution < -0.4 is 10.6 Å². The summed E-state index contributed by atoms with van der Waals surface area (Å²) in [6.07, 6.45) is 4.55. The Balaban J connectivity index is 1.73. The second-order valence-corrected chi connectivity index (χ2v) is 6.51. The van der Waals surface area contributed by atoms with E-state index in [-0.39, 0.29) is 0 Å². The van der Waals surface area contributed by atoms with E-state index in [0.717, 1.165) is 38.2 Å². The number of hydrogen-bond donors (Lipinski definition) is 2. The summed E-state index contributed by atoms with van der Waals surface area (Å²) < 4.78 is 0. The first-order valence-corrected chi connectivity index (χ1v) is 7.85. The molecule has 19 heavy (non-hydrogen) atoms. The van der Waals surface area contributed by atoms with Gasteiger partial charge in [0.2, 0.25) is 0 Å². The van der Waals surface area contributed by atoms with Crippen LogP contribution in [0.5, 0.6) is 0 Å². The Hall–Kier alpha value is -1.33. The first-order chi connectivity index (χ1) is 9.33. The minimum atomic E-state index is 0.293. The third-order valence-electron chi connectivity index (χ3n) is 4.22. The SMILES string of the molecule is NC1CCCN(c2n[nH]c3c2CCc2sccc2-3)C1. The van der Waals surface area contributed by atoms with Crippen molar-refractivity contribution in [3.8, 4) is 11.3 Å². The molecule has 1 fully saturated rings. The molecule has 2 aliphatic rings. The number of aryl methyl sites for hydroxylation is 1. The van der Waals surface area contributed by atoms with Crippen LogP contribution in [0.25, 0.3) is 11.3 Å². The maximum absolute atomic E-state index is 6.09. The molecule has 0 bridgehead atoms. The molecule has 100 valence electrons. The molecule has 0 radical (unpaired) electrons. The van der Waals surface area contributed by atoms with E-state index in [1.807, 2.05) is 11.3 Å². The number of nitrogens with two attached hydrogens (primary N) is 1. The number of hydrogen-bond acceptors (Lipinski definition) is 4. The highest BCUT2D eigenvalue weighted by molar-refractivity contribution is 7.10. The van der Waals surface area contributed by atoms with E-state index in [0.29, 0.717) is 6.04 Å². The summed E-state index contributed by atoms with van der Waals surface area (Å²) in [6, 6.07) is 2.50. The van der Waals surface area contributed by atoms with Crippen molar-refractivity contribution >= 4 is 17.2 Å². The van der Waals surface area contributed by atoms with Crippen LogP contribution in [-0.2, 0) is 12.8 Å². The first kappa shape index (κ1) is 11.5. The van der Waals surface area contributed by atoms with E-state index in [1.165, 1.54) is 28.1 Å². The van der Waals surface area contributed by atoms with Gasteiger partial charge >= 0.3 is 0 Å². The predicted octanol–water partition coefficient (Wildman–Crippen LogP) is 2.16. The lowest BCUT2D eigenvalue weighted by atomic mass is 9.95. The molecule has 1 aliphatic carbocycles. The second-order valence-electron chi connectivity index (χ2n) is 5.51. The van der Waals surface area contributed by atoms with E-state index in [2.05, 4.69) is 26.5 Å². The molecule has 1 unspecified atom stereocenters. The Morgan fingerprint density at radius 1 is 1.42 bits per heavy atom. The summed E-state index contributed by atoms with van der Waals surface area (Å²) in [6.45, 7) is 2.02. The van der Waals surface area contributed by atoms with E-state index in [1.54, 1.807) is 0 Å². The molecule has 2 aromatic rings. The molecule has 0 spiro atoms. The van der Waals surface area contributed by atoms with Crippen molar-refractivity contribution in [3.63, 3.8) is 0 Å². The number of nitrogens with zero attached hydrogens (tertiary/aromatic N) is 2. The van der Waals surface area contributed by atoms with Crippen molar-refractivity contribution in [1.82, 2.24) is 10.2 Å². The van der Waals surface area contributed by atoms with E-state index >= 15 is 0 Å². The molecule has 1 aliphatic heterocycles. The number of piperidine rings is 1. The van der Waals surface area contributed by atoms with Gasteiger partial charge in [0.25, 0.3) is 0 Å². The Labute approximate surface area is 116 Å². The molecule has 1 saturated heterocycles. The van der Waals surface area contributed by atoms with Crippen molar-refractivity contribution < 1.29 is 0 Å². The quantitative estimate of drug-likeness (QED) is 0.838. The van der Waals surface area contributed by atoms with Crippen LogP contribution in [0, 0.1) is 0 Å². The van der Waals surface area contributed by atoms with Crippen LogP contribution in [0.4, 0.5) is 5.82 Å². The van der Waals surface area contributed by atoms with Gasteiger partial charge in [0.05, 0.1) is 5.69 Å². The van der Waals surface area contributed by atoms with Gasteiger partial charge in [-0.3, -0.25) is 5.10 Å². The monoisotopic (exact) mass is 274 g/mol. The number of anilines is 1. The minimum Gasteiger partial charge on any atom is -0.353 e. The number of thiophene rings is 1. The van der Waals surface area contributed by atoms with Crippen LogP contribution >= 0.6 is 11.3 Å². The summed E-state index contributed by atoms with van der Waals surface area (Å²) in [5, 5.41) is 10.0. The summed E-state index contributed by atoms with van der Waals surface area (Å²) in [5.41, 5.74) is 10.1. The van der Waals surface area contributed by atoms with Gasteiger partial charge in [-0.15, -0.1) is 11.3 Å². The third-order valence-corrected chi connectivity index (χ3v) is 5.20. The van der Waals surface area contributed by atoms with Crippen molar-refractivity contribution in [2.75, 3.05) is 18.0 Å². The predicted molar refractivity (Wildman–Crippen MR) is 78.7 cm³/mol. The zero-order chi connectivity index (χ0) is 12.8. The second kappa shape index (κ2) is 4.35. The largest absolute Gasteiger partial charge is 0.353 e. The Morgan fingerprint density at radius 2 is 2.37 bits per heavy atom. The highest BCUT2D eigenvalue weighted by atomic mass is 32.1. The van der Waals surface area contributed by atoms with Crippen LogP contribution in [0.15, 0.2) is 11.4 Å². The van der Waals surface area contributed by atoms with Crippen LogP contribution in [-0.4, -0.2) is 29.3 Å². The summed E-state index contributed by atoms with van der Waals surface area (Å²) >= 11 is 1.85. The molecule has 2 aromatic heterocycles. The zero-order valence-corrected chi connectivity index (χ0v) is 11.7. The van der Waals surface area contributed by atoms with Gasteiger partial charge in [0.1, 0.15) is 0 Å². The van der Waals surface area contributed by atoms with Crippen molar-refractivity contribution in [1.29, 1.82) is 0 Å². The van der Waals surface area contributed by atoms with Crippen molar-refractivity contribution in [3.05, 3.63) is 21.9 Å². The molecule has 3 heterocycles. The highest BCUT2D eigenvalue weighted by Gasteiger charge is 2.27. The third kappa shape index (κ3) is 1.80. The molecule has 1 atom stereocenters. The zero-order valence-electron chi connectivity index (χ0n) is 10.9. The van der Waals surface area contributed by atoms with Gasteiger partial charge < -0.3 is 10.6 Å². The fourth-order valence-corrected chi connectivity index (χ4v) is 4.16. The maximum Gasteiger partial charge on any atom is 0.154 e. The van der Waals surface area contributed by atoms with Crippen molar-refractivity contribution in [2.24, 2.45) is 5.73 Å². The average molecular weight is 274 g/mol. The summed E-state index contributed by atoms with van der Waals surface area (Å²) in [7, 11) is 0. The molecule has 3 N–H and O–H groups in total. The Bertz CT molecular complexity index is 600. The molecule has 0 saturated carbocycles. The summed E-state index contributed by atoms with van der Waals surface area (Å²) in [4.78, 5) is 3.85. The molecule has 5 heteroatoms. The fraction of sp³-hybridized carbons (Fsp3) is 0.500. The molecule has 4 rings (SSSR count). The highest BCUT2D eigenvalue weighted by Crippen LogP contribution is 2.39. The standard InChI is InChI=1S/C14H18N4S/c15-9-2-1-6-18(8-9)14-11-3-4-12-10(5-7-19-12)13(11)16-17-14/h5,7,9H,1-4,6,8,15H2,(H,16,17).